The number of hydrogen-bond donors (Lipinski definition) is 3. The zero-order chi connectivity index (χ0) is 26.6. The van der Waals surface area contributed by atoms with E-state index >= 15 is 0 Å². The van der Waals surface area contributed by atoms with Gasteiger partial charge in [0.25, 0.3) is 0 Å². The van der Waals surface area contributed by atoms with Crippen LogP contribution in [0.15, 0.2) is 46.9 Å². The fourth-order valence-electron chi connectivity index (χ4n) is 5.76. The third-order valence-electron chi connectivity index (χ3n) is 7.62. The molecule has 196 valence electrons. The number of hydrogen-bond acceptors (Lipinski definition) is 5. The molecule has 1 aliphatic carbocycles. The van der Waals surface area contributed by atoms with E-state index in [2.05, 4.69) is 9.48 Å². The molecule has 7 nitrogen and oxygen atoms in total. The Morgan fingerprint density at radius 3 is 2.37 bits per heavy atom. The average molecular weight is 554 g/mol. The SMILES string of the molecule is O=C(O)c1c(Cl)cc(C(O)O)c(Cl)c1-c1c2ccc(=[N+]3CCCC3)cc-2oc2cc(N3CCCC3)ccc12. The molecule has 2 saturated heterocycles. The Hall–Kier alpha value is -3.10. The molecular weight excluding hydrogens is 527 g/mol. The van der Waals surface area contributed by atoms with E-state index < -0.39 is 12.3 Å². The second-order valence-corrected chi connectivity index (χ2v) is 10.7. The largest absolute Gasteiger partial charge is 0.478 e. The van der Waals surface area contributed by atoms with Crippen LogP contribution in [-0.4, -0.2) is 47.5 Å². The Labute approximate surface area is 229 Å². The molecule has 2 aromatic carbocycles. The lowest BCUT2D eigenvalue weighted by atomic mass is 9.89. The third-order valence-corrected chi connectivity index (χ3v) is 8.32. The van der Waals surface area contributed by atoms with Crippen molar-refractivity contribution in [2.45, 2.75) is 32.0 Å². The van der Waals surface area contributed by atoms with Crippen molar-refractivity contribution in [1.82, 2.24) is 4.58 Å². The molecule has 0 atom stereocenters. The second kappa shape index (κ2) is 9.89. The van der Waals surface area contributed by atoms with Gasteiger partial charge in [0.05, 0.1) is 21.7 Å². The van der Waals surface area contributed by atoms with Gasteiger partial charge in [0.15, 0.2) is 6.29 Å². The van der Waals surface area contributed by atoms with Crippen molar-refractivity contribution in [1.29, 1.82) is 0 Å². The number of carboxylic acid groups (broad SMARTS) is 1. The number of carbonyl (C=O) groups is 1. The number of aliphatic hydroxyl groups is 2. The predicted molar refractivity (Wildman–Crippen MR) is 148 cm³/mol. The van der Waals surface area contributed by atoms with Gasteiger partial charge in [0.2, 0.25) is 5.36 Å². The maximum absolute atomic E-state index is 12.5. The molecule has 2 aromatic rings. The van der Waals surface area contributed by atoms with Crippen LogP contribution < -0.4 is 14.8 Å². The van der Waals surface area contributed by atoms with Crippen molar-refractivity contribution in [2.75, 3.05) is 31.1 Å². The lowest BCUT2D eigenvalue weighted by molar-refractivity contribution is -0.0423. The molecule has 6 rings (SSSR count). The van der Waals surface area contributed by atoms with Crippen molar-refractivity contribution in [3.8, 4) is 22.5 Å². The Balaban J connectivity index is 1.74. The molecule has 0 amide bonds. The van der Waals surface area contributed by atoms with Crippen LogP contribution in [0.1, 0.15) is 47.9 Å². The maximum Gasteiger partial charge on any atom is 0.337 e. The Morgan fingerprint density at radius 2 is 1.68 bits per heavy atom. The molecule has 0 saturated carbocycles. The molecule has 0 radical (unpaired) electrons. The van der Waals surface area contributed by atoms with Crippen LogP contribution in [0.2, 0.25) is 10.0 Å². The van der Waals surface area contributed by atoms with Crippen LogP contribution in [0.5, 0.6) is 0 Å². The van der Waals surface area contributed by atoms with E-state index in [9.17, 15) is 20.1 Å². The second-order valence-electron chi connectivity index (χ2n) is 9.92. The van der Waals surface area contributed by atoms with Crippen LogP contribution in [0.25, 0.3) is 33.4 Å². The predicted octanol–water partition coefficient (Wildman–Crippen LogP) is 5.36. The monoisotopic (exact) mass is 553 g/mol. The third kappa shape index (κ3) is 4.24. The minimum atomic E-state index is -1.93. The first-order valence-electron chi connectivity index (χ1n) is 12.8. The van der Waals surface area contributed by atoms with E-state index in [-0.39, 0.29) is 26.7 Å². The molecule has 2 fully saturated rings. The Bertz CT molecular complexity index is 1610. The number of carboxylic acids is 1. The molecule has 4 aliphatic rings. The molecule has 3 heterocycles. The minimum absolute atomic E-state index is 0.0684. The number of rotatable bonds is 4. The van der Waals surface area contributed by atoms with E-state index in [0.717, 1.165) is 62.9 Å². The molecule has 0 unspecified atom stereocenters. The van der Waals surface area contributed by atoms with Gasteiger partial charge in [-0.2, -0.15) is 0 Å². The molecule has 38 heavy (non-hydrogen) atoms. The first kappa shape index (κ1) is 25.2. The summed E-state index contributed by atoms with van der Waals surface area (Å²) in [5.74, 6) is -0.690. The van der Waals surface area contributed by atoms with Crippen LogP contribution in [0.4, 0.5) is 5.69 Å². The van der Waals surface area contributed by atoms with Crippen LogP contribution >= 0.6 is 23.2 Å². The number of halogens is 2. The van der Waals surface area contributed by atoms with Crippen molar-refractivity contribution in [3.05, 3.63) is 69.0 Å². The van der Waals surface area contributed by atoms with Crippen molar-refractivity contribution in [2.24, 2.45) is 0 Å². The highest BCUT2D eigenvalue weighted by molar-refractivity contribution is 6.39. The quantitative estimate of drug-likeness (QED) is 0.179. The summed E-state index contributed by atoms with van der Waals surface area (Å²) in [5, 5.41) is 31.7. The van der Waals surface area contributed by atoms with E-state index in [1.165, 1.54) is 6.07 Å². The van der Waals surface area contributed by atoms with Crippen molar-refractivity contribution >= 4 is 45.8 Å². The normalized spacial score (nSPS) is 15.9. The summed E-state index contributed by atoms with van der Waals surface area (Å²) < 4.78 is 8.78. The maximum atomic E-state index is 12.5. The zero-order valence-electron chi connectivity index (χ0n) is 20.6. The van der Waals surface area contributed by atoms with E-state index in [4.69, 9.17) is 27.6 Å². The molecular formula is C29H27Cl2N2O5+. The van der Waals surface area contributed by atoms with Gasteiger partial charge in [-0.25, -0.2) is 9.37 Å². The summed E-state index contributed by atoms with van der Waals surface area (Å²) in [6.07, 6.45) is 2.58. The minimum Gasteiger partial charge on any atom is -0.478 e. The molecule has 0 spiro atoms. The van der Waals surface area contributed by atoms with Gasteiger partial charge >= 0.3 is 5.97 Å². The van der Waals surface area contributed by atoms with Crippen LogP contribution in [0.3, 0.4) is 0 Å². The number of nitrogens with zero attached hydrogens (tertiary/aromatic N) is 2. The summed E-state index contributed by atoms with van der Waals surface area (Å²) in [7, 11) is 0. The van der Waals surface area contributed by atoms with Gasteiger partial charge in [0.1, 0.15) is 24.4 Å². The lowest BCUT2D eigenvalue weighted by Crippen LogP contribution is -2.26. The number of benzene rings is 3. The number of aromatic carboxylic acids is 1. The number of fused-ring (bicyclic) bond motifs is 2. The number of aliphatic hydroxyl groups excluding tert-OH is 1. The zero-order valence-corrected chi connectivity index (χ0v) is 22.1. The molecule has 0 bridgehead atoms. The topological polar surface area (TPSA) is 97.2 Å². The summed E-state index contributed by atoms with van der Waals surface area (Å²) in [6, 6.07) is 13.0. The van der Waals surface area contributed by atoms with Gasteiger partial charge in [-0.3, -0.25) is 0 Å². The Kier molecular flexibility index (Phi) is 6.56. The highest BCUT2D eigenvalue weighted by Gasteiger charge is 2.30. The van der Waals surface area contributed by atoms with E-state index in [1.807, 2.05) is 36.4 Å². The summed E-state index contributed by atoms with van der Waals surface area (Å²) in [4.78, 5) is 14.8. The van der Waals surface area contributed by atoms with E-state index in [1.54, 1.807) is 0 Å². The van der Waals surface area contributed by atoms with Crippen molar-refractivity contribution < 1.29 is 24.5 Å². The van der Waals surface area contributed by atoms with Crippen LogP contribution in [-0.2, 0) is 0 Å². The Morgan fingerprint density at radius 1 is 0.947 bits per heavy atom. The fraction of sp³-hybridized carbons (Fsp3) is 0.310. The highest BCUT2D eigenvalue weighted by atomic mass is 35.5. The highest BCUT2D eigenvalue weighted by Crippen LogP contribution is 2.48. The standard InChI is InChI=1S/C29H26Cl2N2O5/c30-21-15-20(28(34)35)27(31)26(25(21)29(36)37)24-18-7-5-16(32-9-1-2-10-32)13-22(18)38-23-14-17(6-8-19(23)24)33-11-3-4-12-33/h5-8,13-15,28,34-35H,1-4,9-12H2/p+1. The lowest BCUT2D eigenvalue weighted by Gasteiger charge is -2.22. The van der Waals surface area contributed by atoms with Gasteiger partial charge in [0, 0.05) is 71.4 Å². The van der Waals surface area contributed by atoms with Gasteiger partial charge in [-0.05, 0) is 37.1 Å². The van der Waals surface area contributed by atoms with Crippen LogP contribution in [0, 0.1) is 0 Å². The first-order chi connectivity index (χ1) is 18.3. The molecule has 9 heteroatoms. The molecule has 0 aromatic heterocycles. The molecule has 3 aliphatic heterocycles. The summed E-state index contributed by atoms with van der Waals surface area (Å²) in [6.45, 7) is 3.86. The average Bonchev–Trinajstić information content (AvgIpc) is 3.62. The smallest absolute Gasteiger partial charge is 0.337 e. The molecule has 3 N–H and O–H groups in total. The summed E-state index contributed by atoms with van der Waals surface area (Å²) in [5.41, 5.74) is 2.64. The number of anilines is 1. The van der Waals surface area contributed by atoms with E-state index in [0.29, 0.717) is 27.9 Å². The van der Waals surface area contributed by atoms with Gasteiger partial charge < -0.3 is 24.6 Å². The van der Waals surface area contributed by atoms with Gasteiger partial charge in [-0.1, -0.05) is 23.2 Å². The first-order valence-corrected chi connectivity index (χ1v) is 13.5. The summed E-state index contributed by atoms with van der Waals surface area (Å²) >= 11 is 13.2. The fourth-order valence-corrected chi connectivity index (χ4v) is 6.39. The van der Waals surface area contributed by atoms with Gasteiger partial charge in [-0.15, -0.1) is 0 Å². The van der Waals surface area contributed by atoms with Crippen molar-refractivity contribution in [3.63, 3.8) is 0 Å².